The van der Waals surface area contributed by atoms with Gasteiger partial charge in [-0.05, 0) is 13.3 Å². The van der Waals surface area contributed by atoms with E-state index in [9.17, 15) is 10.2 Å². The largest absolute Gasteiger partial charge is 0.390 e. The van der Waals surface area contributed by atoms with E-state index in [0.717, 1.165) is 6.42 Å². The van der Waals surface area contributed by atoms with Gasteiger partial charge in [0.15, 0.2) is 0 Å². The molecule has 0 spiro atoms. The Morgan fingerprint density at radius 1 is 1.45 bits per heavy atom. The van der Waals surface area contributed by atoms with Crippen LogP contribution in [0.25, 0.3) is 0 Å². The minimum Gasteiger partial charge on any atom is -0.390 e. The molecule has 1 aliphatic heterocycles. The molecular formula is C8H16O3. The average Bonchev–Trinajstić information content (AvgIpc) is 1.99. The first-order chi connectivity index (χ1) is 5.15. The molecule has 3 nitrogen and oxygen atoms in total. The summed E-state index contributed by atoms with van der Waals surface area (Å²) in [5.41, 5.74) is 0. The summed E-state index contributed by atoms with van der Waals surface area (Å²) in [6, 6.07) is 0. The lowest BCUT2D eigenvalue weighted by Gasteiger charge is -2.35. The Morgan fingerprint density at radius 3 is 2.55 bits per heavy atom. The number of ether oxygens (including phenoxy) is 1. The highest BCUT2D eigenvalue weighted by Crippen LogP contribution is 2.21. The molecule has 0 aromatic rings. The van der Waals surface area contributed by atoms with Gasteiger partial charge in [-0.2, -0.15) is 0 Å². The Bertz CT molecular complexity index is 115. The first kappa shape index (κ1) is 8.97. The van der Waals surface area contributed by atoms with E-state index in [2.05, 4.69) is 0 Å². The minimum absolute atomic E-state index is 0.114. The van der Waals surface area contributed by atoms with Crippen LogP contribution in [0.5, 0.6) is 0 Å². The lowest BCUT2D eigenvalue weighted by molar-refractivity contribution is -0.161. The van der Waals surface area contributed by atoms with Crippen molar-refractivity contribution < 1.29 is 14.9 Å². The van der Waals surface area contributed by atoms with Crippen molar-refractivity contribution in [3.8, 4) is 0 Å². The van der Waals surface area contributed by atoms with Gasteiger partial charge in [-0.1, -0.05) is 6.92 Å². The number of rotatable bonds is 1. The molecule has 0 unspecified atom stereocenters. The zero-order chi connectivity index (χ0) is 8.43. The van der Waals surface area contributed by atoms with Crippen LogP contribution in [0.3, 0.4) is 0 Å². The second-order valence-corrected chi connectivity index (χ2v) is 3.17. The summed E-state index contributed by atoms with van der Waals surface area (Å²) in [4.78, 5) is 0. The van der Waals surface area contributed by atoms with Crippen molar-refractivity contribution in [3.05, 3.63) is 0 Å². The van der Waals surface area contributed by atoms with Crippen LogP contribution in [0.15, 0.2) is 0 Å². The molecular weight excluding hydrogens is 144 g/mol. The number of hydrogen-bond acceptors (Lipinski definition) is 3. The quantitative estimate of drug-likeness (QED) is 0.580. The molecule has 1 fully saturated rings. The van der Waals surface area contributed by atoms with Crippen LogP contribution in [0, 0.1) is 0 Å². The zero-order valence-corrected chi connectivity index (χ0v) is 7.03. The summed E-state index contributed by atoms with van der Waals surface area (Å²) < 4.78 is 5.41. The summed E-state index contributed by atoms with van der Waals surface area (Å²) in [5, 5.41) is 18.6. The van der Waals surface area contributed by atoms with Gasteiger partial charge in [0.1, 0.15) is 6.10 Å². The molecule has 1 saturated heterocycles. The van der Waals surface area contributed by atoms with Gasteiger partial charge in [-0.25, -0.2) is 0 Å². The second-order valence-electron chi connectivity index (χ2n) is 3.17. The Kier molecular flexibility index (Phi) is 2.87. The molecule has 0 aliphatic carbocycles. The summed E-state index contributed by atoms with van der Waals surface area (Å²) in [6.45, 7) is 3.80. The van der Waals surface area contributed by atoms with E-state index in [4.69, 9.17) is 4.74 Å². The van der Waals surface area contributed by atoms with E-state index in [1.54, 1.807) is 6.92 Å². The maximum atomic E-state index is 9.32. The number of aliphatic hydroxyl groups excluding tert-OH is 2. The van der Waals surface area contributed by atoms with Gasteiger partial charge in [0.05, 0.1) is 18.3 Å². The first-order valence-corrected chi connectivity index (χ1v) is 4.16. The molecule has 11 heavy (non-hydrogen) atoms. The highest BCUT2D eigenvalue weighted by Gasteiger charge is 2.32. The molecule has 0 bridgehead atoms. The van der Waals surface area contributed by atoms with Crippen LogP contribution >= 0.6 is 0 Å². The van der Waals surface area contributed by atoms with Gasteiger partial charge in [-0.3, -0.25) is 0 Å². The second kappa shape index (κ2) is 3.52. The SMILES string of the molecule is CC[C@H]1C[C@@H](O)[C@H](O)[C@@H](C)O1. The third-order valence-electron chi connectivity index (χ3n) is 2.24. The Hall–Kier alpha value is -0.120. The molecule has 1 rings (SSSR count). The van der Waals surface area contributed by atoms with Gasteiger partial charge in [0.25, 0.3) is 0 Å². The monoisotopic (exact) mass is 160 g/mol. The lowest BCUT2D eigenvalue weighted by atomic mass is 9.98. The normalized spacial score (nSPS) is 45.8. The molecule has 0 radical (unpaired) electrons. The molecule has 0 saturated carbocycles. The smallest absolute Gasteiger partial charge is 0.106 e. The molecule has 0 aromatic carbocycles. The standard InChI is InChI=1S/C8H16O3/c1-3-6-4-7(9)8(10)5(2)11-6/h5-10H,3-4H2,1-2H3/t5-,6+,7-,8-/m1/s1. The van der Waals surface area contributed by atoms with Crippen molar-refractivity contribution in [1.82, 2.24) is 0 Å². The van der Waals surface area contributed by atoms with Crippen molar-refractivity contribution in [2.24, 2.45) is 0 Å². The predicted molar refractivity (Wildman–Crippen MR) is 41.3 cm³/mol. The lowest BCUT2D eigenvalue weighted by Crippen LogP contribution is -2.46. The van der Waals surface area contributed by atoms with Crippen LogP contribution in [-0.4, -0.2) is 34.6 Å². The van der Waals surface area contributed by atoms with Crippen molar-refractivity contribution in [2.75, 3.05) is 0 Å². The van der Waals surface area contributed by atoms with E-state index < -0.39 is 12.2 Å². The van der Waals surface area contributed by atoms with Crippen molar-refractivity contribution in [2.45, 2.75) is 51.1 Å². The maximum Gasteiger partial charge on any atom is 0.106 e. The topological polar surface area (TPSA) is 49.7 Å². The third-order valence-corrected chi connectivity index (χ3v) is 2.24. The number of aliphatic hydroxyl groups is 2. The van der Waals surface area contributed by atoms with Crippen LogP contribution in [-0.2, 0) is 4.74 Å². The van der Waals surface area contributed by atoms with E-state index in [1.165, 1.54) is 0 Å². The van der Waals surface area contributed by atoms with Gasteiger partial charge in [0.2, 0.25) is 0 Å². The van der Waals surface area contributed by atoms with Crippen molar-refractivity contribution >= 4 is 0 Å². The highest BCUT2D eigenvalue weighted by molar-refractivity contribution is 4.82. The van der Waals surface area contributed by atoms with E-state index in [1.807, 2.05) is 6.92 Å². The summed E-state index contributed by atoms with van der Waals surface area (Å²) in [5.74, 6) is 0. The molecule has 66 valence electrons. The molecule has 0 aromatic heterocycles. The van der Waals surface area contributed by atoms with E-state index >= 15 is 0 Å². The van der Waals surface area contributed by atoms with Crippen molar-refractivity contribution in [3.63, 3.8) is 0 Å². The molecule has 1 aliphatic rings. The summed E-state index contributed by atoms with van der Waals surface area (Å²) >= 11 is 0. The fourth-order valence-electron chi connectivity index (χ4n) is 1.42. The number of hydrogen-bond donors (Lipinski definition) is 2. The van der Waals surface area contributed by atoms with Crippen LogP contribution in [0.1, 0.15) is 26.7 Å². The van der Waals surface area contributed by atoms with Gasteiger partial charge >= 0.3 is 0 Å². The molecule has 1 heterocycles. The van der Waals surface area contributed by atoms with Crippen LogP contribution in [0.2, 0.25) is 0 Å². The highest BCUT2D eigenvalue weighted by atomic mass is 16.5. The van der Waals surface area contributed by atoms with Crippen LogP contribution in [0.4, 0.5) is 0 Å². The first-order valence-electron chi connectivity index (χ1n) is 4.16. The molecule has 0 amide bonds. The fourth-order valence-corrected chi connectivity index (χ4v) is 1.42. The Morgan fingerprint density at radius 2 is 2.09 bits per heavy atom. The Labute approximate surface area is 67.0 Å². The molecule has 2 N–H and O–H groups in total. The van der Waals surface area contributed by atoms with Gasteiger partial charge in [0, 0.05) is 6.42 Å². The van der Waals surface area contributed by atoms with Gasteiger partial charge < -0.3 is 14.9 Å². The average molecular weight is 160 g/mol. The minimum atomic E-state index is -0.710. The Balaban J connectivity index is 2.47. The fraction of sp³-hybridized carbons (Fsp3) is 1.00. The van der Waals surface area contributed by atoms with Gasteiger partial charge in [-0.15, -0.1) is 0 Å². The molecule has 3 heteroatoms. The third kappa shape index (κ3) is 1.92. The summed E-state index contributed by atoms with van der Waals surface area (Å²) in [7, 11) is 0. The maximum absolute atomic E-state index is 9.32. The van der Waals surface area contributed by atoms with E-state index in [-0.39, 0.29) is 12.2 Å². The van der Waals surface area contributed by atoms with E-state index in [0.29, 0.717) is 6.42 Å². The molecule has 4 atom stereocenters. The van der Waals surface area contributed by atoms with Crippen LogP contribution < -0.4 is 0 Å². The predicted octanol–water partition coefficient (Wildman–Crippen LogP) is 0.296. The zero-order valence-electron chi connectivity index (χ0n) is 7.03. The summed E-state index contributed by atoms with van der Waals surface area (Å²) in [6.07, 6.45) is 0.0180. The van der Waals surface area contributed by atoms with Crippen molar-refractivity contribution in [1.29, 1.82) is 0 Å².